The predicted octanol–water partition coefficient (Wildman–Crippen LogP) is -0.431. The van der Waals surface area contributed by atoms with Crippen molar-refractivity contribution in [2.75, 3.05) is 13.8 Å². The van der Waals surface area contributed by atoms with Gasteiger partial charge < -0.3 is 14.9 Å². The second-order valence-electron chi connectivity index (χ2n) is 3.04. The van der Waals surface area contributed by atoms with Crippen LogP contribution in [0.25, 0.3) is 0 Å². The number of aliphatic hydroxyl groups excluding tert-OH is 2. The molecule has 0 aromatic rings. The first kappa shape index (κ1) is 8.93. The van der Waals surface area contributed by atoms with Crippen molar-refractivity contribution in [2.24, 2.45) is 5.92 Å². The van der Waals surface area contributed by atoms with E-state index in [2.05, 4.69) is 0 Å². The first-order chi connectivity index (χ1) is 5.16. The molecule has 0 bridgehead atoms. The molecule has 3 unspecified atom stereocenters. The molecule has 0 amide bonds. The molecular formula is C7H15NO3. The zero-order chi connectivity index (χ0) is 8.43. The Morgan fingerprint density at radius 3 is 2.55 bits per heavy atom. The summed E-state index contributed by atoms with van der Waals surface area (Å²) in [6.45, 7) is 2.19. The highest BCUT2D eigenvalue weighted by Gasteiger charge is 2.36. The van der Waals surface area contributed by atoms with E-state index >= 15 is 0 Å². The zero-order valence-corrected chi connectivity index (χ0v) is 6.90. The first-order valence-corrected chi connectivity index (χ1v) is 3.77. The highest BCUT2D eigenvalue weighted by atomic mass is 16.5. The van der Waals surface area contributed by atoms with Gasteiger partial charge in [-0.25, -0.2) is 4.90 Å². The number of ether oxygens (including phenoxy) is 1. The van der Waals surface area contributed by atoms with Crippen LogP contribution in [0.3, 0.4) is 0 Å². The average molecular weight is 161 g/mol. The van der Waals surface area contributed by atoms with Gasteiger partial charge in [-0.1, -0.05) is 6.92 Å². The van der Waals surface area contributed by atoms with Crippen molar-refractivity contribution in [3.63, 3.8) is 0 Å². The number of rotatable bonds is 2. The molecule has 2 N–H and O–H groups in total. The SMILES string of the molecule is COCN1C(O)CC(C)C1O. The summed E-state index contributed by atoms with van der Waals surface area (Å²) in [5.74, 6) is 0.125. The van der Waals surface area contributed by atoms with Crippen LogP contribution in [-0.4, -0.2) is 41.4 Å². The van der Waals surface area contributed by atoms with E-state index in [9.17, 15) is 10.2 Å². The van der Waals surface area contributed by atoms with Crippen molar-refractivity contribution in [1.82, 2.24) is 4.90 Å². The summed E-state index contributed by atoms with van der Waals surface area (Å²) in [6, 6.07) is 0. The fraction of sp³-hybridized carbons (Fsp3) is 1.00. The van der Waals surface area contributed by atoms with E-state index in [0.717, 1.165) is 0 Å². The summed E-state index contributed by atoms with van der Waals surface area (Å²) >= 11 is 0. The fourth-order valence-electron chi connectivity index (χ4n) is 1.40. The van der Waals surface area contributed by atoms with Gasteiger partial charge in [-0.05, 0) is 12.3 Å². The molecule has 3 atom stereocenters. The maximum absolute atomic E-state index is 9.44. The zero-order valence-electron chi connectivity index (χ0n) is 6.90. The minimum Gasteiger partial charge on any atom is -0.378 e. The van der Waals surface area contributed by atoms with E-state index in [-0.39, 0.29) is 12.6 Å². The molecule has 1 aliphatic heterocycles. The first-order valence-electron chi connectivity index (χ1n) is 3.77. The number of hydrogen-bond donors (Lipinski definition) is 2. The Labute approximate surface area is 66.4 Å². The van der Waals surface area contributed by atoms with Gasteiger partial charge in [0, 0.05) is 7.11 Å². The molecule has 1 heterocycles. The van der Waals surface area contributed by atoms with E-state index in [4.69, 9.17) is 4.74 Å². The van der Waals surface area contributed by atoms with Gasteiger partial charge in [0.1, 0.15) is 19.2 Å². The molecule has 0 aromatic heterocycles. The van der Waals surface area contributed by atoms with Crippen molar-refractivity contribution in [3.8, 4) is 0 Å². The van der Waals surface area contributed by atoms with Gasteiger partial charge in [-0.15, -0.1) is 0 Å². The highest BCUT2D eigenvalue weighted by molar-refractivity contribution is 4.78. The van der Waals surface area contributed by atoms with Gasteiger partial charge in [0.15, 0.2) is 0 Å². The lowest BCUT2D eigenvalue weighted by Gasteiger charge is -2.22. The minimum atomic E-state index is -0.565. The smallest absolute Gasteiger partial charge is 0.113 e. The Morgan fingerprint density at radius 1 is 1.55 bits per heavy atom. The van der Waals surface area contributed by atoms with Crippen LogP contribution >= 0.6 is 0 Å². The summed E-state index contributed by atoms with van der Waals surface area (Å²) in [5.41, 5.74) is 0. The van der Waals surface area contributed by atoms with Crippen LogP contribution in [-0.2, 0) is 4.74 Å². The van der Waals surface area contributed by atoms with Crippen LogP contribution in [0.15, 0.2) is 0 Å². The predicted molar refractivity (Wildman–Crippen MR) is 39.5 cm³/mol. The molecule has 1 saturated heterocycles. The summed E-state index contributed by atoms with van der Waals surface area (Å²) in [5, 5.41) is 18.8. The van der Waals surface area contributed by atoms with Gasteiger partial charge in [-0.2, -0.15) is 0 Å². The monoisotopic (exact) mass is 161 g/mol. The topological polar surface area (TPSA) is 52.9 Å². The van der Waals surface area contributed by atoms with Crippen molar-refractivity contribution in [1.29, 1.82) is 0 Å². The van der Waals surface area contributed by atoms with Crippen LogP contribution < -0.4 is 0 Å². The van der Waals surface area contributed by atoms with Crippen molar-refractivity contribution in [3.05, 3.63) is 0 Å². The van der Waals surface area contributed by atoms with Crippen LogP contribution in [0.1, 0.15) is 13.3 Å². The molecule has 4 heteroatoms. The molecule has 0 aliphatic carbocycles. The van der Waals surface area contributed by atoms with E-state index < -0.39 is 12.5 Å². The second-order valence-corrected chi connectivity index (χ2v) is 3.04. The maximum atomic E-state index is 9.44. The number of methoxy groups -OCH3 is 1. The minimum absolute atomic E-state index is 0.125. The van der Waals surface area contributed by atoms with E-state index in [0.29, 0.717) is 6.42 Å². The standard InChI is InChI=1S/C7H15NO3/c1-5-3-6(9)8(4-11-2)7(5)10/h5-7,9-10H,3-4H2,1-2H3. The third-order valence-electron chi connectivity index (χ3n) is 2.09. The Hall–Kier alpha value is -0.160. The Balaban J connectivity index is 2.49. The van der Waals surface area contributed by atoms with Gasteiger partial charge in [0.25, 0.3) is 0 Å². The van der Waals surface area contributed by atoms with Crippen molar-refractivity contribution >= 4 is 0 Å². The molecule has 1 rings (SSSR count). The van der Waals surface area contributed by atoms with Gasteiger partial charge in [-0.3, -0.25) is 0 Å². The summed E-state index contributed by atoms with van der Waals surface area (Å²) in [6.07, 6.45) is -0.505. The van der Waals surface area contributed by atoms with Crippen molar-refractivity contribution in [2.45, 2.75) is 25.8 Å². The highest BCUT2D eigenvalue weighted by Crippen LogP contribution is 2.25. The number of likely N-dealkylation sites (tertiary alicyclic amines) is 1. The van der Waals surface area contributed by atoms with E-state index in [1.54, 1.807) is 7.11 Å². The maximum Gasteiger partial charge on any atom is 0.113 e. The third-order valence-corrected chi connectivity index (χ3v) is 2.09. The molecule has 0 saturated carbocycles. The van der Waals surface area contributed by atoms with Gasteiger partial charge in [0.05, 0.1) is 0 Å². The van der Waals surface area contributed by atoms with E-state index in [1.807, 2.05) is 6.92 Å². The summed E-state index contributed by atoms with van der Waals surface area (Å²) in [4.78, 5) is 1.53. The lowest BCUT2D eigenvalue weighted by Crippen LogP contribution is -2.38. The molecule has 0 radical (unpaired) electrons. The Kier molecular flexibility index (Phi) is 2.84. The number of hydrogen-bond acceptors (Lipinski definition) is 4. The lowest BCUT2D eigenvalue weighted by atomic mass is 10.1. The van der Waals surface area contributed by atoms with Gasteiger partial charge >= 0.3 is 0 Å². The summed E-state index contributed by atoms with van der Waals surface area (Å²) < 4.78 is 4.82. The van der Waals surface area contributed by atoms with Crippen LogP contribution in [0.5, 0.6) is 0 Å². The quantitative estimate of drug-likeness (QED) is 0.577. The molecule has 0 spiro atoms. The molecule has 1 fully saturated rings. The fourth-order valence-corrected chi connectivity index (χ4v) is 1.40. The van der Waals surface area contributed by atoms with Crippen LogP contribution in [0.2, 0.25) is 0 Å². The second kappa shape index (κ2) is 3.49. The van der Waals surface area contributed by atoms with Crippen LogP contribution in [0, 0.1) is 5.92 Å². The Morgan fingerprint density at radius 2 is 2.18 bits per heavy atom. The lowest BCUT2D eigenvalue weighted by molar-refractivity contribution is -0.111. The molecule has 66 valence electrons. The molecule has 11 heavy (non-hydrogen) atoms. The third kappa shape index (κ3) is 1.70. The average Bonchev–Trinajstić information content (AvgIpc) is 2.17. The van der Waals surface area contributed by atoms with Crippen LogP contribution in [0.4, 0.5) is 0 Å². The van der Waals surface area contributed by atoms with Crippen molar-refractivity contribution < 1.29 is 14.9 Å². The largest absolute Gasteiger partial charge is 0.378 e. The molecule has 4 nitrogen and oxygen atoms in total. The Bertz CT molecular complexity index is 131. The summed E-state index contributed by atoms with van der Waals surface area (Å²) in [7, 11) is 1.54. The normalized spacial score (nSPS) is 39.8. The van der Waals surface area contributed by atoms with E-state index in [1.165, 1.54) is 4.90 Å². The molecular weight excluding hydrogens is 146 g/mol. The molecule has 0 aromatic carbocycles. The number of nitrogens with zero attached hydrogens (tertiary/aromatic N) is 1. The van der Waals surface area contributed by atoms with Gasteiger partial charge in [0.2, 0.25) is 0 Å². The number of aliphatic hydroxyl groups is 2. The molecule has 1 aliphatic rings.